The van der Waals surface area contributed by atoms with Crippen LogP contribution in [0.5, 0.6) is 0 Å². The van der Waals surface area contributed by atoms with Crippen LogP contribution in [0.1, 0.15) is 28.2 Å². The average Bonchev–Trinajstić information content (AvgIpc) is 2.13. The molecule has 0 aliphatic rings. The largest absolute Gasteiger partial charge is 0.294 e. The molecule has 0 aliphatic heterocycles. The van der Waals surface area contributed by atoms with E-state index in [1.165, 1.54) is 0 Å². The molecular weight excluding hydrogens is 226 g/mol. The topological polar surface area (TPSA) is 64.1 Å². The van der Waals surface area contributed by atoms with Gasteiger partial charge in [-0.1, -0.05) is 0 Å². The molecule has 4 nitrogen and oxygen atoms in total. The normalized spacial score (nSPS) is 11.4. The third-order valence-corrected chi connectivity index (χ3v) is 3.17. The Hall–Kier alpha value is -1.23. The van der Waals surface area contributed by atoms with Gasteiger partial charge >= 0.3 is 0 Å². The van der Waals surface area contributed by atoms with Gasteiger partial charge in [0, 0.05) is 29.6 Å². The molecule has 0 radical (unpaired) electrons. The van der Waals surface area contributed by atoms with Gasteiger partial charge in [0.15, 0.2) is 5.78 Å². The molecule has 0 fully saturated rings. The molecule has 0 N–H and O–H groups in total. The van der Waals surface area contributed by atoms with E-state index in [1.54, 1.807) is 19.1 Å². The highest BCUT2D eigenvalue weighted by atomic mass is 32.2. The highest BCUT2D eigenvalue weighted by Gasteiger charge is 2.12. The maximum Gasteiger partial charge on any atom is 0.165 e. The third-order valence-electron chi connectivity index (χ3n) is 2.23. The molecular formula is C11H15NO3S. The van der Waals surface area contributed by atoms with Gasteiger partial charge in [-0.2, -0.15) is 0 Å². The molecule has 5 heteroatoms. The minimum Gasteiger partial charge on any atom is -0.294 e. The Labute approximate surface area is 95.6 Å². The molecule has 0 amide bonds. The van der Waals surface area contributed by atoms with Gasteiger partial charge in [0.05, 0.1) is 5.75 Å². The van der Waals surface area contributed by atoms with Crippen LogP contribution in [0.4, 0.5) is 0 Å². The van der Waals surface area contributed by atoms with Crippen molar-refractivity contribution in [1.29, 1.82) is 0 Å². The predicted octanol–water partition coefficient (Wildman–Crippen LogP) is 1.32. The van der Waals surface area contributed by atoms with Crippen molar-refractivity contribution in [2.24, 2.45) is 0 Å². The van der Waals surface area contributed by atoms with Crippen LogP contribution in [0.3, 0.4) is 0 Å². The Kier molecular flexibility index (Phi) is 3.80. The van der Waals surface area contributed by atoms with Crippen LogP contribution in [-0.2, 0) is 9.84 Å². The predicted molar refractivity (Wildman–Crippen MR) is 62.4 cm³/mol. The van der Waals surface area contributed by atoms with Crippen molar-refractivity contribution in [3.63, 3.8) is 0 Å². The lowest BCUT2D eigenvalue weighted by molar-refractivity contribution is 0.0988. The van der Waals surface area contributed by atoms with Crippen molar-refractivity contribution in [3.05, 3.63) is 29.1 Å². The van der Waals surface area contributed by atoms with Gasteiger partial charge in [-0.3, -0.25) is 9.78 Å². The molecule has 0 aliphatic carbocycles. The smallest absolute Gasteiger partial charge is 0.165 e. The molecule has 0 aromatic carbocycles. The Balaban J connectivity index is 2.82. The highest BCUT2D eigenvalue weighted by molar-refractivity contribution is 7.90. The molecule has 1 rings (SSSR count). The second-order valence-electron chi connectivity index (χ2n) is 3.89. The quantitative estimate of drug-likeness (QED) is 0.746. The number of carbonyl (C=O) groups is 1. The standard InChI is InChI=1S/C11H15NO3S/c1-8-4-5-10(9(2)12-8)11(13)6-7-16(3,14)15/h4-5H,6-7H2,1-3H3. The first-order valence-electron chi connectivity index (χ1n) is 4.95. The van der Waals surface area contributed by atoms with E-state index in [0.717, 1.165) is 11.9 Å². The molecule has 0 saturated carbocycles. The van der Waals surface area contributed by atoms with E-state index in [9.17, 15) is 13.2 Å². The summed E-state index contributed by atoms with van der Waals surface area (Å²) in [6.45, 7) is 3.60. The van der Waals surface area contributed by atoms with Crippen LogP contribution in [0.25, 0.3) is 0 Å². The average molecular weight is 241 g/mol. The van der Waals surface area contributed by atoms with Crippen LogP contribution in [0, 0.1) is 13.8 Å². The molecule has 88 valence electrons. The molecule has 16 heavy (non-hydrogen) atoms. The lowest BCUT2D eigenvalue weighted by atomic mass is 10.1. The minimum absolute atomic E-state index is 0.0183. The maximum absolute atomic E-state index is 11.7. The van der Waals surface area contributed by atoms with Gasteiger partial charge in [-0.15, -0.1) is 0 Å². The zero-order chi connectivity index (χ0) is 12.3. The molecule has 0 saturated heterocycles. The Bertz CT molecular complexity index is 506. The second kappa shape index (κ2) is 4.74. The van der Waals surface area contributed by atoms with Gasteiger partial charge in [0.25, 0.3) is 0 Å². The van der Waals surface area contributed by atoms with E-state index in [0.29, 0.717) is 11.3 Å². The monoisotopic (exact) mass is 241 g/mol. The molecule has 1 aromatic heterocycles. The second-order valence-corrected chi connectivity index (χ2v) is 6.15. The summed E-state index contributed by atoms with van der Waals surface area (Å²) in [5, 5.41) is 0. The summed E-state index contributed by atoms with van der Waals surface area (Å²) >= 11 is 0. The number of Topliss-reactive ketones (excluding diaryl/α,β-unsaturated/α-hetero) is 1. The fraction of sp³-hybridized carbons (Fsp3) is 0.455. The van der Waals surface area contributed by atoms with Crippen molar-refractivity contribution in [2.75, 3.05) is 12.0 Å². The number of pyridine rings is 1. The van der Waals surface area contributed by atoms with Gasteiger partial charge in [0.1, 0.15) is 9.84 Å². The number of hydrogen-bond acceptors (Lipinski definition) is 4. The van der Waals surface area contributed by atoms with E-state index in [4.69, 9.17) is 0 Å². The third kappa shape index (κ3) is 3.73. The summed E-state index contributed by atoms with van der Waals surface area (Å²) in [7, 11) is -3.09. The Morgan fingerprint density at radius 2 is 1.94 bits per heavy atom. The first kappa shape index (κ1) is 12.8. The first-order valence-corrected chi connectivity index (χ1v) is 7.01. The number of aromatic nitrogens is 1. The number of aryl methyl sites for hydroxylation is 2. The molecule has 0 spiro atoms. The van der Waals surface area contributed by atoms with E-state index < -0.39 is 9.84 Å². The van der Waals surface area contributed by atoms with Gasteiger partial charge in [0.2, 0.25) is 0 Å². The van der Waals surface area contributed by atoms with Crippen molar-refractivity contribution in [2.45, 2.75) is 20.3 Å². The Morgan fingerprint density at radius 3 is 2.44 bits per heavy atom. The summed E-state index contributed by atoms with van der Waals surface area (Å²) in [6, 6.07) is 3.45. The fourth-order valence-electron chi connectivity index (χ4n) is 1.39. The van der Waals surface area contributed by atoms with E-state index in [1.807, 2.05) is 6.92 Å². The first-order chi connectivity index (χ1) is 7.29. The van der Waals surface area contributed by atoms with Gasteiger partial charge in [-0.25, -0.2) is 8.42 Å². The van der Waals surface area contributed by atoms with Crippen LogP contribution in [-0.4, -0.2) is 31.2 Å². The molecule has 1 heterocycles. The summed E-state index contributed by atoms with van der Waals surface area (Å²) < 4.78 is 21.9. The van der Waals surface area contributed by atoms with Crippen molar-refractivity contribution in [3.8, 4) is 0 Å². The highest BCUT2D eigenvalue weighted by Crippen LogP contribution is 2.09. The van der Waals surface area contributed by atoms with Crippen LogP contribution in [0.15, 0.2) is 12.1 Å². The van der Waals surface area contributed by atoms with Crippen molar-refractivity contribution >= 4 is 15.6 Å². The number of carbonyl (C=O) groups excluding carboxylic acids is 1. The number of nitrogens with zero attached hydrogens (tertiary/aromatic N) is 1. The number of sulfone groups is 1. The van der Waals surface area contributed by atoms with Crippen LogP contribution < -0.4 is 0 Å². The SMILES string of the molecule is Cc1ccc(C(=O)CCS(C)(=O)=O)c(C)n1. The van der Waals surface area contributed by atoms with Crippen molar-refractivity contribution in [1.82, 2.24) is 4.98 Å². The van der Waals surface area contributed by atoms with Crippen LogP contribution >= 0.6 is 0 Å². The van der Waals surface area contributed by atoms with Gasteiger partial charge in [-0.05, 0) is 26.0 Å². The van der Waals surface area contributed by atoms with Crippen LogP contribution in [0.2, 0.25) is 0 Å². The maximum atomic E-state index is 11.7. The summed E-state index contributed by atoms with van der Waals surface area (Å²) in [5.41, 5.74) is 2.00. The fourth-order valence-corrected chi connectivity index (χ4v) is 1.95. The minimum atomic E-state index is -3.09. The van der Waals surface area contributed by atoms with E-state index in [-0.39, 0.29) is 18.0 Å². The number of hydrogen-bond donors (Lipinski definition) is 0. The summed E-state index contributed by atoms with van der Waals surface area (Å²) in [5.74, 6) is -0.283. The molecule has 0 unspecified atom stereocenters. The lowest BCUT2D eigenvalue weighted by Gasteiger charge is -2.04. The van der Waals surface area contributed by atoms with Gasteiger partial charge < -0.3 is 0 Å². The molecule has 0 bridgehead atoms. The zero-order valence-electron chi connectivity index (χ0n) is 9.65. The summed E-state index contributed by atoms with van der Waals surface area (Å²) in [4.78, 5) is 15.9. The number of ketones is 1. The lowest BCUT2D eigenvalue weighted by Crippen LogP contribution is -2.11. The van der Waals surface area contributed by atoms with E-state index >= 15 is 0 Å². The number of rotatable bonds is 4. The Morgan fingerprint density at radius 1 is 1.31 bits per heavy atom. The molecule has 1 aromatic rings. The van der Waals surface area contributed by atoms with Crippen molar-refractivity contribution < 1.29 is 13.2 Å². The molecule has 0 atom stereocenters. The van der Waals surface area contributed by atoms with E-state index in [2.05, 4.69) is 4.98 Å². The summed E-state index contributed by atoms with van der Waals surface area (Å²) in [6.07, 6.45) is 1.14. The zero-order valence-corrected chi connectivity index (χ0v) is 10.5.